The number of thiophene rings is 1. The average molecular weight is 420 g/mol. The van der Waals surface area contributed by atoms with E-state index in [0.29, 0.717) is 29.3 Å². The molecule has 0 bridgehead atoms. The summed E-state index contributed by atoms with van der Waals surface area (Å²) < 4.78 is 5.45. The topological polar surface area (TPSA) is 92.7 Å². The zero-order valence-electron chi connectivity index (χ0n) is 17.2. The van der Waals surface area contributed by atoms with E-state index in [9.17, 15) is 19.5 Å². The van der Waals surface area contributed by atoms with Crippen molar-refractivity contribution in [3.8, 4) is 0 Å². The van der Waals surface area contributed by atoms with Crippen LogP contribution in [0.1, 0.15) is 67.3 Å². The number of hydrogen-bond donors (Lipinski definition) is 2. The Bertz CT molecular complexity index is 825. The average Bonchev–Trinajstić information content (AvgIpc) is 3.04. The molecule has 7 heteroatoms. The molecule has 3 rings (SSSR count). The summed E-state index contributed by atoms with van der Waals surface area (Å²) in [6, 6.07) is 0. The maximum Gasteiger partial charge on any atom is 0.341 e. The van der Waals surface area contributed by atoms with E-state index in [-0.39, 0.29) is 12.0 Å². The van der Waals surface area contributed by atoms with E-state index >= 15 is 0 Å². The van der Waals surface area contributed by atoms with Gasteiger partial charge in [0.1, 0.15) is 5.00 Å². The van der Waals surface area contributed by atoms with Crippen LogP contribution in [-0.4, -0.2) is 29.1 Å². The van der Waals surface area contributed by atoms with E-state index in [0.717, 1.165) is 36.1 Å². The monoisotopic (exact) mass is 419 g/mol. The maximum absolute atomic E-state index is 13.0. The van der Waals surface area contributed by atoms with Crippen molar-refractivity contribution in [2.75, 3.05) is 5.32 Å². The van der Waals surface area contributed by atoms with Gasteiger partial charge < -0.3 is 15.2 Å². The lowest BCUT2D eigenvalue weighted by molar-refractivity contribution is -0.146. The molecule has 0 saturated heterocycles. The largest absolute Gasteiger partial charge is 0.481 e. The molecule has 6 nitrogen and oxygen atoms in total. The fourth-order valence-electron chi connectivity index (χ4n) is 4.16. The fourth-order valence-corrected chi connectivity index (χ4v) is 5.51. The Labute approximate surface area is 175 Å². The van der Waals surface area contributed by atoms with Crippen molar-refractivity contribution < 1.29 is 24.2 Å². The number of ether oxygens (including phenoxy) is 1. The van der Waals surface area contributed by atoms with Crippen LogP contribution in [0, 0.1) is 17.8 Å². The molecular formula is C22H29NO5S. The maximum atomic E-state index is 13.0. The van der Waals surface area contributed by atoms with E-state index in [4.69, 9.17) is 4.74 Å². The summed E-state index contributed by atoms with van der Waals surface area (Å²) >= 11 is 1.44. The number of fused-ring (bicyclic) bond motifs is 1. The van der Waals surface area contributed by atoms with Crippen LogP contribution in [0.25, 0.3) is 0 Å². The molecule has 0 spiro atoms. The highest BCUT2D eigenvalue weighted by Crippen LogP contribution is 2.41. The minimum atomic E-state index is -0.967. The van der Waals surface area contributed by atoms with E-state index in [1.807, 2.05) is 12.2 Å². The minimum absolute atomic E-state index is 0.256. The van der Waals surface area contributed by atoms with Gasteiger partial charge in [-0.2, -0.15) is 0 Å². The van der Waals surface area contributed by atoms with Gasteiger partial charge in [0, 0.05) is 4.88 Å². The van der Waals surface area contributed by atoms with Crippen LogP contribution >= 0.6 is 11.3 Å². The first-order valence-electron chi connectivity index (χ1n) is 10.4. The molecular weight excluding hydrogens is 390 g/mol. The third kappa shape index (κ3) is 4.71. The Morgan fingerprint density at radius 1 is 1.24 bits per heavy atom. The van der Waals surface area contributed by atoms with Gasteiger partial charge in [-0.25, -0.2) is 4.79 Å². The summed E-state index contributed by atoms with van der Waals surface area (Å²) in [6.45, 7) is 5.77. The summed E-state index contributed by atoms with van der Waals surface area (Å²) in [5.41, 5.74) is 1.44. The molecule has 0 radical (unpaired) electrons. The second-order valence-electron chi connectivity index (χ2n) is 8.16. The number of carbonyl (C=O) groups is 3. The van der Waals surface area contributed by atoms with Gasteiger partial charge in [-0.05, 0) is 57.4 Å². The predicted molar refractivity (Wildman–Crippen MR) is 112 cm³/mol. The van der Waals surface area contributed by atoms with Gasteiger partial charge >= 0.3 is 11.9 Å². The van der Waals surface area contributed by atoms with Crippen molar-refractivity contribution in [1.29, 1.82) is 0 Å². The molecule has 2 aliphatic rings. The number of allylic oxidation sites excluding steroid dienone is 2. The molecule has 0 unspecified atom stereocenters. The van der Waals surface area contributed by atoms with Crippen molar-refractivity contribution in [2.45, 2.75) is 65.4 Å². The number of amides is 1. The lowest BCUT2D eigenvalue weighted by Crippen LogP contribution is -2.34. The molecule has 0 saturated carbocycles. The molecule has 1 aromatic rings. The van der Waals surface area contributed by atoms with Crippen molar-refractivity contribution >= 4 is 34.2 Å². The number of anilines is 1. The number of nitrogens with one attached hydrogen (secondary N) is 1. The third-order valence-corrected chi connectivity index (χ3v) is 6.98. The van der Waals surface area contributed by atoms with Crippen molar-refractivity contribution in [3.05, 3.63) is 28.2 Å². The van der Waals surface area contributed by atoms with Crippen LogP contribution in [0.5, 0.6) is 0 Å². The minimum Gasteiger partial charge on any atom is -0.481 e. The van der Waals surface area contributed by atoms with Crippen LogP contribution in [0.15, 0.2) is 12.2 Å². The highest BCUT2D eigenvalue weighted by Gasteiger charge is 2.36. The lowest BCUT2D eigenvalue weighted by Gasteiger charge is -2.24. The van der Waals surface area contributed by atoms with Crippen LogP contribution in [0.3, 0.4) is 0 Å². The molecule has 2 N–H and O–H groups in total. The number of rotatable bonds is 6. The highest BCUT2D eigenvalue weighted by molar-refractivity contribution is 7.17. The van der Waals surface area contributed by atoms with Crippen LogP contribution < -0.4 is 5.32 Å². The molecule has 2 aliphatic carbocycles. The van der Waals surface area contributed by atoms with E-state index < -0.39 is 23.8 Å². The lowest BCUT2D eigenvalue weighted by atomic mass is 9.82. The number of esters is 1. The van der Waals surface area contributed by atoms with Gasteiger partial charge in [-0.15, -0.1) is 11.3 Å². The van der Waals surface area contributed by atoms with Gasteiger partial charge in [-0.1, -0.05) is 25.5 Å². The number of carboxylic acids is 1. The highest BCUT2D eigenvalue weighted by atomic mass is 32.1. The normalized spacial score (nSPS) is 23.5. The summed E-state index contributed by atoms with van der Waals surface area (Å²) in [6.07, 6.45) is 7.93. The Morgan fingerprint density at radius 2 is 1.93 bits per heavy atom. The first-order valence-corrected chi connectivity index (χ1v) is 11.2. The molecule has 1 heterocycles. The van der Waals surface area contributed by atoms with Gasteiger partial charge in [-0.3, -0.25) is 9.59 Å². The Balaban J connectivity index is 1.90. The van der Waals surface area contributed by atoms with Crippen molar-refractivity contribution in [3.63, 3.8) is 0 Å². The second-order valence-corrected chi connectivity index (χ2v) is 9.27. The standard InChI is InChI=1S/C22H29NO5S/c1-4-13-9-10-16-17(11-13)29-20(18(16)22(27)28-12(2)3)23-19(24)14-7-5-6-8-15(14)21(25)26/h5-6,12-15H,4,7-11H2,1-3H3,(H,23,24)(H,25,26)/t13-,14+,15-/m1/s1. The first-order chi connectivity index (χ1) is 13.8. The number of carbonyl (C=O) groups excluding carboxylic acids is 2. The summed E-state index contributed by atoms with van der Waals surface area (Å²) in [4.78, 5) is 38.5. The Morgan fingerprint density at radius 3 is 2.55 bits per heavy atom. The number of hydrogen-bond acceptors (Lipinski definition) is 5. The van der Waals surface area contributed by atoms with Gasteiger partial charge in [0.15, 0.2) is 0 Å². The molecule has 3 atom stereocenters. The van der Waals surface area contributed by atoms with E-state index in [1.54, 1.807) is 13.8 Å². The van der Waals surface area contributed by atoms with E-state index in [1.165, 1.54) is 11.3 Å². The molecule has 1 amide bonds. The molecule has 29 heavy (non-hydrogen) atoms. The zero-order valence-corrected chi connectivity index (χ0v) is 18.0. The van der Waals surface area contributed by atoms with Gasteiger partial charge in [0.05, 0.1) is 23.5 Å². The number of aliphatic carboxylic acids is 1. The van der Waals surface area contributed by atoms with Gasteiger partial charge in [0.25, 0.3) is 0 Å². The van der Waals surface area contributed by atoms with Crippen LogP contribution in [0.2, 0.25) is 0 Å². The fraction of sp³-hybridized carbons (Fsp3) is 0.591. The quantitative estimate of drug-likeness (QED) is 0.525. The summed E-state index contributed by atoms with van der Waals surface area (Å²) in [5.74, 6) is -2.53. The SMILES string of the molecule is CC[C@@H]1CCc2c(sc(NC(=O)[C@H]3CC=CC[C@H]3C(=O)O)c2C(=O)OC(C)C)C1. The summed E-state index contributed by atoms with van der Waals surface area (Å²) in [7, 11) is 0. The van der Waals surface area contributed by atoms with Gasteiger partial charge in [0.2, 0.25) is 5.91 Å². The van der Waals surface area contributed by atoms with E-state index in [2.05, 4.69) is 12.2 Å². The molecule has 0 aromatic carbocycles. The third-order valence-electron chi connectivity index (χ3n) is 5.81. The number of carboxylic acid groups (broad SMARTS) is 1. The second kappa shape index (κ2) is 9.11. The zero-order chi connectivity index (χ0) is 21.1. The molecule has 1 aromatic heterocycles. The molecule has 0 fully saturated rings. The van der Waals surface area contributed by atoms with Crippen molar-refractivity contribution in [1.82, 2.24) is 0 Å². The van der Waals surface area contributed by atoms with Crippen LogP contribution in [0.4, 0.5) is 5.00 Å². The molecule has 158 valence electrons. The Kier molecular flexibility index (Phi) is 6.77. The predicted octanol–water partition coefficient (Wildman–Crippen LogP) is 4.43. The Hall–Kier alpha value is -2.15. The first kappa shape index (κ1) is 21.6. The van der Waals surface area contributed by atoms with Crippen molar-refractivity contribution in [2.24, 2.45) is 17.8 Å². The summed E-state index contributed by atoms with van der Waals surface area (Å²) in [5, 5.41) is 12.9. The van der Waals surface area contributed by atoms with Crippen LogP contribution in [-0.2, 0) is 27.2 Å². The smallest absolute Gasteiger partial charge is 0.341 e. The molecule has 0 aliphatic heterocycles.